The van der Waals surface area contributed by atoms with Gasteiger partial charge in [-0.05, 0) is 11.6 Å². The average molecular weight is 264 g/mol. The molecule has 1 aromatic rings. The van der Waals surface area contributed by atoms with Crippen molar-refractivity contribution in [2.75, 3.05) is 7.11 Å². The molecule has 5 nitrogen and oxygen atoms in total. The van der Waals surface area contributed by atoms with E-state index in [0.717, 1.165) is 6.07 Å². The summed E-state index contributed by atoms with van der Waals surface area (Å²) in [4.78, 5) is 21.0. The van der Waals surface area contributed by atoms with Crippen molar-refractivity contribution in [3.05, 3.63) is 37.9 Å². The fraction of sp³-hybridized carbons (Fsp3) is 0.222. The number of esters is 1. The van der Waals surface area contributed by atoms with Gasteiger partial charge in [0.15, 0.2) is 0 Å². The van der Waals surface area contributed by atoms with Crippen LogP contribution in [-0.2, 0) is 16.0 Å². The third-order valence-corrected chi connectivity index (χ3v) is 2.51. The summed E-state index contributed by atoms with van der Waals surface area (Å²) in [5.74, 6) is -0.543. The normalized spacial score (nSPS) is 9.94. The van der Waals surface area contributed by atoms with Gasteiger partial charge >= 0.3 is 5.97 Å². The quantitative estimate of drug-likeness (QED) is 0.478. The first kappa shape index (κ1) is 12.7. The Bertz CT molecular complexity index is 447. The van der Waals surface area contributed by atoms with Crippen molar-refractivity contribution >= 4 is 34.9 Å². The van der Waals surface area contributed by atoms with Crippen molar-refractivity contribution in [2.45, 2.75) is 6.42 Å². The molecule has 0 aliphatic carbocycles. The molecule has 0 unspecified atom stereocenters. The zero-order chi connectivity index (χ0) is 12.3. The van der Waals surface area contributed by atoms with E-state index >= 15 is 0 Å². The van der Waals surface area contributed by atoms with E-state index in [1.54, 1.807) is 0 Å². The molecule has 0 heterocycles. The molecule has 0 atom stereocenters. The van der Waals surface area contributed by atoms with Crippen molar-refractivity contribution in [2.24, 2.45) is 0 Å². The molecule has 7 heteroatoms. The number of halogens is 2. The van der Waals surface area contributed by atoms with Crippen LogP contribution in [0.1, 0.15) is 5.56 Å². The van der Waals surface area contributed by atoms with Crippen LogP contribution in [0.15, 0.2) is 12.1 Å². The first-order valence-electron chi connectivity index (χ1n) is 4.15. The molecule has 0 fully saturated rings. The number of nitro benzene ring substituents is 1. The Labute approximate surface area is 101 Å². The molecule has 0 spiro atoms. The highest BCUT2D eigenvalue weighted by Crippen LogP contribution is 2.32. The van der Waals surface area contributed by atoms with Gasteiger partial charge in [-0.2, -0.15) is 0 Å². The third kappa shape index (κ3) is 2.84. The van der Waals surface area contributed by atoms with Crippen molar-refractivity contribution in [1.82, 2.24) is 0 Å². The number of ether oxygens (including phenoxy) is 1. The molecule has 1 rings (SSSR count). The summed E-state index contributed by atoms with van der Waals surface area (Å²) in [5, 5.41) is 10.7. The largest absolute Gasteiger partial charge is 0.469 e. The molecule has 16 heavy (non-hydrogen) atoms. The van der Waals surface area contributed by atoms with Gasteiger partial charge in [0.05, 0.1) is 18.5 Å². The maximum absolute atomic E-state index is 11.0. The summed E-state index contributed by atoms with van der Waals surface area (Å²) < 4.78 is 4.44. The molecule has 86 valence electrons. The number of benzene rings is 1. The lowest BCUT2D eigenvalue weighted by molar-refractivity contribution is -0.384. The number of nitrogens with zero attached hydrogens (tertiary/aromatic N) is 1. The summed E-state index contributed by atoms with van der Waals surface area (Å²) in [5.41, 5.74) is -0.0548. The van der Waals surface area contributed by atoms with Gasteiger partial charge in [0.25, 0.3) is 5.69 Å². The zero-order valence-corrected chi connectivity index (χ0v) is 9.71. The van der Waals surface area contributed by atoms with Gasteiger partial charge < -0.3 is 4.74 Å². The Morgan fingerprint density at radius 1 is 1.50 bits per heavy atom. The molecule has 0 bridgehead atoms. The highest BCUT2D eigenvalue weighted by molar-refractivity contribution is 6.35. The van der Waals surface area contributed by atoms with Gasteiger partial charge in [0.2, 0.25) is 0 Å². The van der Waals surface area contributed by atoms with E-state index in [2.05, 4.69) is 4.74 Å². The van der Waals surface area contributed by atoms with Gasteiger partial charge in [0, 0.05) is 11.1 Å². The van der Waals surface area contributed by atoms with Crippen LogP contribution in [0.2, 0.25) is 10.0 Å². The van der Waals surface area contributed by atoms with Crippen LogP contribution in [0.5, 0.6) is 0 Å². The van der Waals surface area contributed by atoms with E-state index in [1.807, 2.05) is 0 Å². The Morgan fingerprint density at radius 3 is 2.62 bits per heavy atom. The van der Waals surface area contributed by atoms with E-state index < -0.39 is 10.9 Å². The average Bonchev–Trinajstić information content (AvgIpc) is 2.22. The number of methoxy groups -OCH3 is 1. The van der Waals surface area contributed by atoms with E-state index in [-0.39, 0.29) is 27.7 Å². The molecule has 0 amide bonds. The van der Waals surface area contributed by atoms with E-state index in [0.29, 0.717) is 0 Å². The summed E-state index contributed by atoms with van der Waals surface area (Å²) in [6, 6.07) is 2.53. The fourth-order valence-electron chi connectivity index (χ4n) is 1.12. The molecular weight excluding hydrogens is 257 g/mol. The fourth-order valence-corrected chi connectivity index (χ4v) is 1.60. The van der Waals surface area contributed by atoms with Crippen LogP contribution in [0.25, 0.3) is 0 Å². The Hall–Kier alpha value is -1.33. The van der Waals surface area contributed by atoms with Gasteiger partial charge in [-0.15, -0.1) is 0 Å². The second-order valence-electron chi connectivity index (χ2n) is 2.91. The lowest BCUT2D eigenvalue weighted by atomic mass is 10.1. The van der Waals surface area contributed by atoms with Crippen molar-refractivity contribution in [3.8, 4) is 0 Å². The summed E-state index contributed by atoms with van der Waals surface area (Å²) in [7, 11) is 1.22. The standard InChI is InChI=1S/C9H7Cl2NO4/c1-16-8(13)3-5-2-6(10)4-7(9(5)11)12(14)15/h2,4H,3H2,1H3. The lowest BCUT2D eigenvalue weighted by Gasteiger charge is -2.04. The van der Waals surface area contributed by atoms with E-state index in [9.17, 15) is 14.9 Å². The summed E-state index contributed by atoms with van der Waals surface area (Å²) in [6.45, 7) is 0. The first-order chi connectivity index (χ1) is 7.45. The molecule has 0 aliphatic rings. The first-order valence-corrected chi connectivity index (χ1v) is 4.90. The molecule has 0 saturated heterocycles. The highest BCUT2D eigenvalue weighted by Gasteiger charge is 2.19. The highest BCUT2D eigenvalue weighted by atomic mass is 35.5. The van der Waals surface area contributed by atoms with Crippen LogP contribution >= 0.6 is 23.2 Å². The summed E-state index contributed by atoms with van der Waals surface area (Å²) in [6.07, 6.45) is -0.156. The molecule has 0 radical (unpaired) electrons. The van der Waals surface area contributed by atoms with Crippen LogP contribution in [0.3, 0.4) is 0 Å². The maximum atomic E-state index is 11.0. The topological polar surface area (TPSA) is 69.4 Å². The predicted molar refractivity (Wildman–Crippen MR) is 58.8 cm³/mol. The van der Waals surface area contributed by atoms with Crippen molar-refractivity contribution < 1.29 is 14.5 Å². The molecule has 1 aromatic carbocycles. The third-order valence-electron chi connectivity index (χ3n) is 1.85. The van der Waals surface area contributed by atoms with E-state index in [1.165, 1.54) is 13.2 Å². The van der Waals surface area contributed by atoms with Crippen LogP contribution in [0, 0.1) is 10.1 Å². The second kappa shape index (κ2) is 5.14. The SMILES string of the molecule is COC(=O)Cc1cc(Cl)cc([N+](=O)[O-])c1Cl. The molecule has 0 N–H and O–H groups in total. The predicted octanol–water partition coefficient (Wildman–Crippen LogP) is 2.62. The molecule has 0 saturated carbocycles. The number of hydrogen-bond donors (Lipinski definition) is 0. The smallest absolute Gasteiger partial charge is 0.310 e. The summed E-state index contributed by atoms with van der Waals surface area (Å²) >= 11 is 11.4. The molecular formula is C9H7Cl2NO4. The van der Waals surface area contributed by atoms with Gasteiger partial charge in [0.1, 0.15) is 5.02 Å². The minimum absolute atomic E-state index is 0.0974. The van der Waals surface area contributed by atoms with Crippen LogP contribution in [-0.4, -0.2) is 18.0 Å². The Morgan fingerprint density at radius 2 is 2.12 bits per heavy atom. The van der Waals surface area contributed by atoms with Gasteiger partial charge in [-0.25, -0.2) is 0 Å². The molecule has 0 aliphatic heterocycles. The van der Waals surface area contributed by atoms with Gasteiger partial charge in [-0.1, -0.05) is 23.2 Å². The Kier molecular flexibility index (Phi) is 4.09. The number of hydrogen-bond acceptors (Lipinski definition) is 4. The minimum Gasteiger partial charge on any atom is -0.469 e. The van der Waals surface area contributed by atoms with Crippen LogP contribution in [0.4, 0.5) is 5.69 Å². The minimum atomic E-state index is -0.658. The monoisotopic (exact) mass is 263 g/mol. The number of rotatable bonds is 3. The zero-order valence-electron chi connectivity index (χ0n) is 8.20. The maximum Gasteiger partial charge on any atom is 0.310 e. The van der Waals surface area contributed by atoms with Crippen molar-refractivity contribution in [3.63, 3.8) is 0 Å². The number of carbonyl (C=O) groups excluding carboxylic acids is 1. The van der Waals surface area contributed by atoms with Gasteiger partial charge in [-0.3, -0.25) is 14.9 Å². The van der Waals surface area contributed by atoms with E-state index in [4.69, 9.17) is 23.2 Å². The second-order valence-corrected chi connectivity index (χ2v) is 3.72. The lowest BCUT2D eigenvalue weighted by Crippen LogP contribution is -2.05. The molecule has 0 aromatic heterocycles. The number of nitro groups is 1. The van der Waals surface area contributed by atoms with Crippen molar-refractivity contribution in [1.29, 1.82) is 0 Å². The van der Waals surface area contributed by atoms with Crippen LogP contribution < -0.4 is 0 Å². The Balaban J connectivity index is 3.19. The number of carbonyl (C=O) groups is 1.